The molecule has 6 heteroatoms. The number of nitrogens with one attached hydrogen (secondary N) is 1. The molecule has 0 atom stereocenters. The van der Waals surface area contributed by atoms with E-state index < -0.39 is 10.0 Å². The highest BCUT2D eigenvalue weighted by Gasteiger charge is 2.25. The fraction of sp³-hybridized carbons (Fsp3) is 0.769. The molecular formula is C13H22N2O3S. The van der Waals surface area contributed by atoms with E-state index in [0.29, 0.717) is 23.9 Å². The van der Waals surface area contributed by atoms with Crippen LogP contribution in [0.3, 0.4) is 0 Å². The number of hydrogen-bond acceptors (Lipinski definition) is 4. The number of sulfonamides is 1. The van der Waals surface area contributed by atoms with Crippen LogP contribution >= 0.6 is 0 Å². The maximum absolute atomic E-state index is 12.3. The summed E-state index contributed by atoms with van der Waals surface area (Å²) in [5, 5.41) is 3.70. The molecule has 0 aromatic carbocycles. The molecule has 1 aliphatic rings. The van der Waals surface area contributed by atoms with Crippen molar-refractivity contribution in [3.63, 3.8) is 0 Å². The quantitative estimate of drug-likeness (QED) is 0.863. The van der Waals surface area contributed by atoms with Gasteiger partial charge >= 0.3 is 0 Å². The molecule has 0 radical (unpaired) electrons. The maximum Gasteiger partial charge on any atom is 0.245 e. The first-order chi connectivity index (χ1) is 9.00. The fourth-order valence-electron chi connectivity index (χ4n) is 2.73. The molecule has 1 saturated carbocycles. The lowest BCUT2D eigenvalue weighted by Crippen LogP contribution is -2.30. The lowest BCUT2D eigenvalue weighted by Gasteiger charge is -2.14. The normalized spacial score (nSPS) is 18.4. The first kappa shape index (κ1) is 14.5. The topological polar surface area (TPSA) is 72.2 Å². The molecule has 1 fully saturated rings. The Hall–Kier alpha value is -0.880. The summed E-state index contributed by atoms with van der Waals surface area (Å²) in [5.41, 5.74) is 0.422. The van der Waals surface area contributed by atoms with E-state index in [1.54, 1.807) is 13.8 Å². The van der Waals surface area contributed by atoms with Gasteiger partial charge in [0, 0.05) is 6.54 Å². The van der Waals surface area contributed by atoms with E-state index in [-0.39, 0.29) is 4.90 Å². The smallest absolute Gasteiger partial charge is 0.245 e. The summed E-state index contributed by atoms with van der Waals surface area (Å²) in [7, 11) is -3.50. The average molecular weight is 286 g/mol. The van der Waals surface area contributed by atoms with Crippen molar-refractivity contribution in [1.82, 2.24) is 9.88 Å². The lowest BCUT2D eigenvalue weighted by atomic mass is 10.0. The summed E-state index contributed by atoms with van der Waals surface area (Å²) in [6.07, 6.45) is 7.18. The molecule has 1 N–H and O–H groups in total. The molecule has 0 unspecified atom stereocenters. The van der Waals surface area contributed by atoms with E-state index in [1.165, 1.54) is 25.7 Å². The van der Waals surface area contributed by atoms with Crippen LogP contribution in [0.1, 0.15) is 50.0 Å². The Bertz CT molecular complexity index is 494. The van der Waals surface area contributed by atoms with Crippen LogP contribution in [0.15, 0.2) is 9.42 Å². The van der Waals surface area contributed by atoms with Crippen LogP contribution in [0.25, 0.3) is 0 Å². The van der Waals surface area contributed by atoms with Crippen LogP contribution in [0.4, 0.5) is 0 Å². The van der Waals surface area contributed by atoms with Gasteiger partial charge in [-0.25, -0.2) is 13.1 Å². The monoisotopic (exact) mass is 286 g/mol. The van der Waals surface area contributed by atoms with E-state index in [9.17, 15) is 8.42 Å². The van der Waals surface area contributed by atoms with Gasteiger partial charge in [0.15, 0.2) is 5.76 Å². The van der Waals surface area contributed by atoms with Gasteiger partial charge in [-0.3, -0.25) is 0 Å². The van der Waals surface area contributed by atoms with Crippen LogP contribution < -0.4 is 4.72 Å². The van der Waals surface area contributed by atoms with Crippen molar-refractivity contribution < 1.29 is 12.9 Å². The molecule has 1 aliphatic carbocycles. The van der Waals surface area contributed by atoms with Gasteiger partial charge in [0.25, 0.3) is 0 Å². The lowest BCUT2D eigenvalue weighted by molar-refractivity contribution is 0.390. The molecule has 19 heavy (non-hydrogen) atoms. The molecule has 5 nitrogen and oxygen atoms in total. The largest absolute Gasteiger partial charge is 0.360 e. The summed E-state index contributed by atoms with van der Waals surface area (Å²) in [5.74, 6) is 0.809. The third-order valence-corrected chi connectivity index (χ3v) is 5.44. The summed E-state index contributed by atoms with van der Waals surface area (Å²) in [6.45, 7) is 3.79. The van der Waals surface area contributed by atoms with Crippen molar-refractivity contribution in [3.8, 4) is 0 Å². The highest BCUT2D eigenvalue weighted by molar-refractivity contribution is 7.89. The van der Waals surface area contributed by atoms with Crippen molar-refractivity contribution in [2.45, 2.75) is 57.3 Å². The van der Waals surface area contributed by atoms with Gasteiger partial charge in [0.2, 0.25) is 10.0 Å². The van der Waals surface area contributed by atoms with Crippen LogP contribution in [0.2, 0.25) is 0 Å². The first-order valence-electron chi connectivity index (χ1n) is 6.93. The van der Waals surface area contributed by atoms with Crippen molar-refractivity contribution in [3.05, 3.63) is 11.5 Å². The first-order valence-corrected chi connectivity index (χ1v) is 8.41. The zero-order valence-electron chi connectivity index (χ0n) is 11.6. The molecule has 1 aromatic heterocycles. The standard InChI is InChI=1S/C13H22N2O3S/c1-10-13(11(2)18-15-10)19(16,17)14-9-12-7-5-3-4-6-8-12/h12,14H,3-9H2,1-2H3. The van der Waals surface area contributed by atoms with Gasteiger partial charge < -0.3 is 4.52 Å². The molecule has 1 heterocycles. The van der Waals surface area contributed by atoms with Crippen molar-refractivity contribution in [2.75, 3.05) is 6.54 Å². The van der Waals surface area contributed by atoms with Crippen LogP contribution in [0, 0.1) is 19.8 Å². The number of aryl methyl sites for hydroxylation is 2. The summed E-state index contributed by atoms with van der Waals surface area (Å²) < 4.78 is 32.1. The van der Waals surface area contributed by atoms with Gasteiger partial charge in [0.05, 0.1) is 0 Å². The SMILES string of the molecule is Cc1noc(C)c1S(=O)(=O)NCC1CCCCCC1. The molecular weight excluding hydrogens is 264 g/mol. The summed E-state index contributed by atoms with van der Waals surface area (Å²) >= 11 is 0. The van der Waals surface area contributed by atoms with Crippen LogP contribution in [-0.2, 0) is 10.0 Å². The Kier molecular flexibility index (Phi) is 4.62. The van der Waals surface area contributed by atoms with Crippen molar-refractivity contribution in [2.24, 2.45) is 5.92 Å². The maximum atomic E-state index is 12.3. The molecule has 108 valence electrons. The molecule has 0 aliphatic heterocycles. The third kappa shape index (κ3) is 3.57. The summed E-state index contributed by atoms with van der Waals surface area (Å²) in [4.78, 5) is 0.195. The number of aromatic nitrogens is 1. The molecule has 1 aromatic rings. The minimum Gasteiger partial charge on any atom is -0.360 e. The Morgan fingerprint density at radius 2 is 1.84 bits per heavy atom. The van der Waals surface area contributed by atoms with Gasteiger partial charge in [0.1, 0.15) is 10.6 Å². The zero-order valence-corrected chi connectivity index (χ0v) is 12.4. The second-order valence-electron chi connectivity index (χ2n) is 5.36. The molecule has 0 bridgehead atoms. The minimum atomic E-state index is -3.50. The Balaban J connectivity index is 2.01. The second kappa shape index (κ2) is 6.05. The predicted molar refractivity (Wildman–Crippen MR) is 72.4 cm³/mol. The number of nitrogens with zero attached hydrogens (tertiary/aromatic N) is 1. The van der Waals surface area contributed by atoms with Gasteiger partial charge in [-0.2, -0.15) is 0 Å². The van der Waals surface area contributed by atoms with Crippen molar-refractivity contribution in [1.29, 1.82) is 0 Å². The minimum absolute atomic E-state index is 0.195. The Morgan fingerprint density at radius 1 is 1.21 bits per heavy atom. The zero-order chi connectivity index (χ0) is 13.9. The van der Waals surface area contributed by atoms with Gasteiger partial charge in [-0.1, -0.05) is 30.8 Å². The predicted octanol–water partition coefficient (Wildman–Crippen LogP) is 2.54. The van der Waals surface area contributed by atoms with E-state index in [0.717, 1.165) is 12.8 Å². The van der Waals surface area contributed by atoms with Gasteiger partial charge in [-0.15, -0.1) is 0 Å². The summed E-state index contributed by atoms with van der Waals surface area (Å²) in [6, 6.07) is 0. The molecule has 2 rings (SSSR count). The average Bonchev–Trinajstić information content (AvgIpc) is 2.57. The highest BCUT2D eigenvalue weighted by Crippen LogP contribution is 2.23. The van der Waals surface area contributed by atoms with E-state index in [2.05, 4.69) is 9.88 Å². The van der Waals surface area contributed by atoms with Crippen molar-refractivity contribution >= 4 is 10.0 Å². The van der Waals surface area contributed by atoms with Crippen LogP contribution in [-0.4, -0.2) is 20.1 Å². The van der Waals surface area contributed by atoms with E-state index in [4.69, 9.17) is 4.52 Å². The van der Waals surface area contributed by atoms with Crippen LogP contribution in [0.5, 0.6) is 0 Å². The second-order valence-corrected chi connectivity index (χ2v) is 7.07. The fourth-order valence-corrected chi connectivity index (χ4v) is 4.17. The highest BCUT2D eigenvalue weighted by atomic mass is 32.2. The Morgan fingerprint density at radius 3 is 2.37 bits per heavy atom. The Labute approximate surface area is 114 Å². The van der Waals surface area contributed by atoms with E-state index >= 15 is 0 Å². The van der Waals surface area contributed by atoms with E-state index in [1.807, 2.05) is 0 Å². The van der Waals surface area contributed by atoms with Gasteiger partial charge in [-0.05, 0) is 32.6 Å². The number of rotatable bonds is 4. The molecule has 0 saturated heterocycles. The third-order valence-electron chi connectivity index (χ3n) is 3.77. The molecule has 0 amide bonds. The molecule has 0 spiro atoms. The number of hydrogen-bond donors (Lipinski definition) is 1.